The number of Topliss-reactive ketones (excluding diaryl/α,β-unsaturated/α-hetero) is 1. The normalized spacial score (nSPS) is 19.2. The summed E-state index contributed by atoms with van der Waals surface area (Å²) in [6.07, 6.45) is 0.758. The molecule has 3 heteroatoms. The molecule has 0 amide bonds. The van der Waals surface area contributed by atoms with Gasteiger partial charge in [-0.25, -0.2) is 0 Å². The van der Waals surface area contributed by atoms with E-state index in [1.165, 1.54) is 0 Å². The minimum atomic E-state index is -0.837. The number of rotatable bonds is 2. The van der Waals surface area contributed by atoms with Gasteiger partial charge in [-0.05, 0) is 29.5 Å². The first-order valence-corrected chi connectivity index (χ1v) is 5.90. The minimum Gasteiger partial charge on any atom is -0.481 e. The number of benzene rings is 1. The summed E-state index contributed by atoms with van der Waals surface area (Å²) in [4.78, 5) is 23.0. The van der Waals surface area contributed by atoms with Crippen LogP contribution in [0.4, 0.5) is 0 Å². The Hall–Kier alpha value is -1.64. The van der Waals surface area contributed by atoms with E-state index in [2.05, 4.69) is 13.8 Å². The summed E-state index contributed by atoms with van der Waals surface area (Å²) in [7, 11) is 0. The molecule has 0 fully saturated rings. The molecule has 0 bridgehead atoms. The van der Waals surface area contributed by atoms with Crippen molar-refractivity contribution in [2.24, 2.45) is 0 Å². The lowest BCUT2D eigenvalue weighted by molar-refractivity contribution is -0.139. The predicted octanol–water partition coefficient (Wildman–Crippen LogP) is 2.95. The van der Waals surface area contributed by atoms with E-state index in [1.807, 2.05) is 12.1 Å². The molecule has 0 saturated carbocycles. The maximum Gasteiger partial charge on any atom is 0.311 e. The Bertz CT molecular complexity index is 474. The molecule has 1 aliphatic carbocycles. The van der Waals surface area contributed by atoms with Crippen molar-refractivity contribution >= 4 is 11.8 Å². The highest BCUT2D eigenvalue weighted by atomic mass is 16.4. The Morgan fingerprint density at radius 3 is 2.71 bits per heavy atom. The minimum absolute atomic E-state index is 0.0694. The maximum atomic E-state index is 11.8. The molecule has 1 aromatic rings. The Kier molecular flexibility index (Phi) is 3.01. The van der Waals surface area contributed by atoms with Crippen molar-refractivity contribution in [2.75, 3.05) is 0 Å². The third-order valence-electron chi connectivity index (χ3n) is 3.38. The molecule has 0 aliphatic heterocycles. The first kappa shape index (κ1) is 11.8. The van der Waals surface area contributed by atoms with Crippen LogP contribution in [0.1, 0.15) is 60.0 Å². The van der Waals surface area contributed by atoms with Crippen LogP contribution in [0.25, 0.3) is 0 Å². The zero-order chi connectivity index (χ0) is 12.6. The van der Waals surface area contributed by atoms with E-state index in [-0.39, 0.29) is 5.78 Å². The third-order valence-corrected chi connectivity index (χ3v) is 3.38. The smallest absolute Gasteiger partial charge is 0.311 e. The van der Waals surface area contributed by atoms with Gasteiger partial charge in [0, 0.05) is 12.0 Å². The highest BCUT2D eigenvalue weighted by Crippen LogP contribution is 2.33. The highest BCUT2D eigenvalue weighted by molar-refractivity contribution is 6.01. The second-order valence-electron chi connectivity index (χ2n) is 4.85. The average Bonchev–Trinajstić information content (AvgIpc) is 2.28. The summed E-state index contributed by atoms with van der Waals surface area (Å²) in [6, 6.07) is 5.59. The van der Waals surface area contributed by atoms with E-state index in [1.54, 1.807) is 6.07 Å². The zero-order valence-electron chi connectivity index (χ0n) is 10.1. The Morgan fingerprint density at radius 1 is 1.41 bits per heavy atom. The Morgan fingerprint density at radius 2 is 2.12 bits per heavy atom. The molecule has 0 aromatic heterocycles. The zero-order valence-corrected chi connectivity index (χ0v) is 10.1. The van der Waals surface area contributed by atoms with Gasteiger partial charge in [0.2, 0.25) is 0 Å². The van der Waals surface area contributed by atoms with Crippen LogP contribution in [0.15, 0.2) is 18.2 Å². The van der Waals surface area contributed by atoms with E-state index < -0.39 is 11.9 Å². The molecule has 2 rings (SSSR count). The molecule has 0 saturated heterocycles. The van der Waals surface area contributed by atoms with Crippen molar-refractivity contribution in [3.63, 3.8) is 0 Å². The van der Waals surface area contributed by atoms with Crippen LogP contribution in [0.3, 0.4) is 0 Å². The van der Waals surface area contributed by atoms with Crippen molar-refractivity contribution in [1.82, 2.24) is 0 Å². The van der Waals surface area contributed by atoms with Gasteiger partial charge in [0.15, 0.2) is 5.78 Å². The number of hydrogen-bond acceptors (Lipinski definition) is 2. The highest BCUT2D eigenvalue weighted by Gasteiger charge is 2.30. The number of fused-ring (bicyclic) bond motifs is 1. The largest absolute Gasteiger partial charge is 0.481 e. The molecular weight excluding hydrogens is 216 g/mol. The van der Waals surface area contributed by atoms with Gasteiger partial charge in [0.05, 0.1) is 5.92 Å². The number of hydrogen-bond donors (Lipinski definition) is 1. The fourth-order valence-corrected chi connectivity index (χ4v) is 2.30. The van der Waals surface area contributed by atoms with Crippen molar-refractivity contribution in [3.8, 4) is 0 Å². The maximum absolute atomic E-state index is 11.8. The molecule has 1 atom stereocenters. The molecule has 90 valence electrons. The fourth-order valence-electron chi connectivity index (χ4n) is 2.30. The molecule has 1 aromatic carbocycles. The van der Waals surface area contributed by atoms with Crippen LogP contribution in [-0.4, -0.2) is 16.9 Å². The lowest BCUT2D eigenvalue weighted by Gasteiger charge is -2.22. The topological polar surface area (TPSA) is 54.4 Å². The quantitative estimate of drug-likeness (QED) is 0.852. The first-order valence-electron chi connectivity index (χ1n) is 5.90. The predicted molar refractivity (Wildman–Crippen MR) is 64.5 cm³/mol. The van der Waals surface area contributed by atoms with Gasteiger partial charge >= 0.3 is 5.97 Å². The summed E-state index contributed by atoms with van der Waals surface area (Å²) in [6.45, 7) is 4.12. The lowest BCUT2D eigenvalue weighted by Crippen LogP contribution is -2.22. The van der Waals surface area contributed by atoms with Crippen LogP contribution >= 0.6 is 0 Å². The standard InChI is InChI=1S/C14H16O3/c1-8(2)9-3-4-10-11(14(16)17)5-6-13(15)12(10)7-9/h3-4,7-8,11H,5-6H2,1-2H3,(H,16,17). The molecule has 3 nitrogen and oxygen atoms in total. The molecule has 1 unspecified atom stereocenters. The number of carboxylic acids is 1. The Balaban J connectivity index is 2.51. The van der Waals surface area contributed by atoms with Gasteiger partial charge in [-0.1, -0.05) is 26.0 Å². The number of aliphatic carboxylic acids is 1. The molecule has 1 aliphatic rings. The summed E-state index contributed by atoms with van der Waals surface area (Å²) in [5, 5.41) is 9.14. The molecule has 0 heterocycles. The number of ketones is 1. The van der Waals surface area contributed by atoms with E-state index >= 15 is 0 Å². The van der Waals surface area contributed by atoms with Gasteiger partial charge in [-0.15, -0.1) is 0 Å². The first-order chi connectivity index (χ1) is 8.00. The molecule has 1 N–H and O–H groups in total. The van der Waals surface area contributed by atoms with Crippen LogP contribution < -0.4 is 0 Å². The summed E-state index contributed by atoms with van der Waals surface area (Å²) in [5.74, 6) is -0.946. The van der Waals surface area contributed by atoms with E-state index in [9.17, 15) is 9.59 Å². The Labute approximate surface area is 100 Å². The number of carbonyl (C=O) groups excluding carboxylic acids is 1. The second kappa shape index (κ2) is 4.32. The van der Waals surface area contributed by atoms with E-state index in [0.717, 1.165) is 5.56 Å². The van der Waals surface area contributed by atoms with Gasteiger partial charge < -0.3 is 5.11 Å². The van der Waals surface area contributed by atoms with E-state index in [0.29, 0.717) is 29.9 Å². The summed E-state index contributed by atoms with van der Waals surface area (Å²) in [5.41, 5.74) is 2.37. The van der Waals surface area contributed by atoms with Crippen molar-refractivity contribution in [2.45, 2.75) is 38.5 Å². The van der Waals surface area contributed by atoms with Crippen LogP contribution in [-0.2, 0) is 4.79 Å². The van der Waals surface area contributed by atoms with Crippen LogP contribution in [0.2, 0.25) is 0 Å². The average molecular weight is 232 g/mol. The molecule has 0 radical (unpaired) electrons. The fraction of sp³-hybridized carbons (Fsp3) is 0.429. The molecule has 0 spiro atoms. The van der Waals surface area contributed by atoms with Crippen molar-refractivity contribution in [1.29, 1.82) is 0 Å². The summed E-state index contributed by atoms with van der Waals surface area (Å²) >= 11 is 0. The lowest BCUT2D eigenvalue weighted by atomic mass is 9.80. The van der Waals surface area contributed by atoms with Gasteiger partial charge in [0.25, 0.3) is 0 Å². The third kappa shape index (κ3) is 2.09. The van der Waals surface area contributed by atoms with Crippen molar-refractivity contribution < 1.29 is 14.7 Å². The SMILES string of the molecule is CC(C)c1ccc2c(c1)C(=O)CCC2C(=O)O. The van der Waals surface area contributed by atoms with Gasteiger partial charge in [-0.2, -0.15) is 0 Å². The van der Waals surface area contributed by atoms with Gasteiger partial charge in [-0.3, -0.25) is 9.59 Å². The number of carboxylic acid groups (broad SMARTS) is 1. The van der Waals surface area contributed by atoms with Gasteiger partial charge in [0.1, 0.15) is 0 Å². The van der Waals surface area contributed by atoms with Crippen molar-refractivity contribution in [3.05, 3.63) is 34.9 Å². The number of carbonyl (C=O) groups is 2. The molecular formula is C14H16O3. The second-order valence-corrected chi connectivity index (χ2v) is 4.85. The van der Waals surface area contributed by atoms with Crippen LogP contribution in [0, 0.1) is 0 Å². The van der Waals surface area contributed by atoms with E-state index in [4.69, 9.17) is 5.11 Å². The monoisotopic (exact) mass is 232 g/mol. The molecule has 17 heavy (non-hydrogen) atoms. The van der Waals surface area contributed by atoms with Crippen LogP contribution in [0.5, 0.6) is 0 Å². The summed E-state index contributed by atoms with van der Waals surface area (Å²) < 4.78 is 0.